The summed E-state index contributed by atoms with van der Waals surface area (Å²) in [6.07, 6.45) is 4.47. The van der Waals surface area contributed by atoms with Gasteiger partial charge in [-0.1, -0.05) is 0 Å². The highest BCUT2D eigenvalue weighted by Gasteiger charge is 2.33. The number of aromatic nitrogens is 2. The first-order chi connectivity index (χ1) is 9.98. The van der Waals surface area contributed by atoms with Gasteiger partial charge in [-0.2, -0.15) is 9.40 Å². The summed E-state index contributed by atoms with van der Waals surface area (Å²) in [6, 6.07) is 0.462. The maximum atomic E-state index is 12.7. The minimum absolute atomic E-state index is 0.354. The molecule has 3 rings (SSSR count). The van der Waals surface area contributed by atoms with Crippen LogP contribution in [0.3, 0.4) is 0 Å². The van der Waals surface area contributed by atoms with Gasteiger partial charge in [-0.05, 0) is 52.0 Å². The molecular weight excluding hydrogens is 288 g/mol. The molecule has 0 atom stereocenters. The Labute approximate surface area is 126 Å². The minimum atomic E-state index is -3.41. The first kappa shape index (κ1) is 15.0. The average molecular weight is 312 g/mol. The number of aryl methyl sites for hydroxylation is 2. The number of hydrogen-bond donors (Lipinski definition) is 2. The summed E-state index contributed by atoms with van der Waals surface area (Å²) >= 11 is 0. The summed E-state index contributed by atoms with van der Waals surface area (Å²) in [7, 11) is -3.41. The summed E-state index contributed by atoms with van der Waals surface area (Å²) < 4.78 is 27.0. The van der Waals surface area contributed by atoms with Gasteiger partial charge in [0.25, 0.3) is 0 Å². The molecular formula is C14H24N4O2S. The van der Waals surface area contributed by atoms with Crippen molar-refractivity contribution < 1.29 is 8.42 Å². The third kappa shape index (κ3) is 3.14. The predicted octanol–water partition coefficient (Wildman–Crippen LogP) is 1.18. The number of H-pyrrole nitrogens is 1. The molecule has 0 spiro atoms. The second-order valence-electron chi connectivity index (χ2n) is 6.29. The fourth-order valence-corrected chi connectivity index (χ4v) is 4.81. The summed E-state index contributed by atoms with van der Waals surface area (Å²) in [6.45, 7) is 5.78. The van der Waals surface area contributed by atoms with Gasteiger partial charge in [-0.15, -0.1) is 0 Å². The first-order valence-electron chi connectivity index (χ1n) is 7.73. The third-order valence-electron chi connectivity index (χ3n) is 4.50. The SMILES string of the molecule is Cc1n[nH]c(C)c1S(=O)(=O)N1CCC(NCC2CC2)CC1. The van der Waals surface area contributed by atoms with Crippen molar-refractivity contribution in [3.05, 3.63) is 11.4 Å². The molecule has 0 aromatic carbocycles. The van der Waals surface area contributed by atoms with Gasteiger partial charge in [0, 0.05) is 19.1 Å². The minimum Gasteiger partial charge on any atom is -0.314 e. The highest BCUT2D eigenvalue weighted by atomic mass is 32.2. The van der Waals surface area contributed by atoms with E-state index in [0.29, 0.717) is 35.4 Å². The molecule has 0 amide bonds. The first-order valence-corrected chi connectivity index (χ1v) is 9.17. The van der Waals surface area contributed by atoms with E-state index in [1.165, 1.54) is 12.8 Å². The van der Waals surface area contributed by atoms with E-state index in [1.807, 2.05) is 0 Å². The molecule has 1 aromatic heterocycles. The maximum Gasteiger partial charge on any atom is 0.246 e. The second kappa shape index (κ2) is 5.70. The number of nitrogens with one attached hydrogen (secondary N) is 2. The lowest BCUT2D eigenvalue weighted by atomic mass is 10.1. The molecule has 1 aromatic rings. The van der Waals surface area contributed by atoms with E-state index in [4.69, 9.17) is 0 Å². The molecule has 0 unspecified atom stereocenters. The van der Waals surface area contributed by atoms with E-state index in [1.54, 1.807) is 18.2 Å². The van der Waals surface area contributed by atoms with Crippen LogP contribution in [0.1, 0.15) is 37.1 Å². The van der Waals surface area contributed by atoms with Gasteiger partial charge in [0.2, 0.25) is 10.0 Å². The number of rotatable bonds is 5. The maximum absolute atomic E-state index is 12.7. The lowest BCUT2D eigenvalue weighted by molar-refractivity contribution is 0.288. The van der Waals surface area contributed by atoms with Crippen molar-refractivity contribution >= 4 is 10.0 Å². The van der Waals surface area contributed by atoms with Crippen LogP contribution < -0.4 is 5.32 Å². The number of piperidine rings is 1. The molecule has 118 valence electrons. The topological polar surface area (TPSA) is 78.1 Å². The lowest BCUT2D eigenvalue weighted by Gasteiger charge is -2.31. The van der Waals surface area contributed by atoms with Crippen LogP contribution in [-0.4, -0.2) is 48.6 Å². The van der Waals surface area contributed by atoms with E-state index in [0.717, 1.165) is 25.3 Å². The van der Waals surface area contributed by atoms with Gasteiger partial charge in [0.15, 0.2) is 0 Å². The van der Waals surface area contributed by atoms with Gasteiger partial charge in [-0.25, -0.2) is 8.42 Å². The number of nitrogens with zero attached hydrogens (tertiary/aromatic N) is 2. The van der Waals surface area contributed by atoms with Crippen molar-refractivity contribution in [2.45, 2.75) is 50.5 Å². The summed E-state index contributed by atoms with van der Waals surface area (Å²) in [5, 5.41) is 10.3. The molecule has 2 fully saturated rings. The number of aromatic amines is 1. The Kier molecular flexibility index (Phi) is 4.07. The predicted molar refractivity (Wildman–Crippen MR) is 80.6 cm³/mol. The largest absolute Gasteiger partial charge is 0.314 e. The summed E-state index contributed by atoms with van der Waals surface area (Å²) in [5.74, 6) is 0.864. The lowest BCUT2D eigenvalue weighted by Crippen LogP contribution is -2.45. The van der Waals surface area contributed by atoms with Crippen LogP contribution in [0.2, 0.25) is 0 Å². The van der Waals surface area contributed by atoms with Gasteiger partial charge in [0.05, 0.1) is 11.4 Å². The third-order valence-corrected chi connectivity index (χ3v) is 6.67. The highest BCUT2D eigenvalue weighted by molar-refractivity contribution is 7.89. The van der Waals surface area contributed by atoms with Crippen LogP contribution in [0, 0.1) is 19.8 Å². The van der Waals surface area contributed by atoms with Crippen LogP contribution in [0.4, 0.5) is 0 Å². The average Bonchev–Trinajstić information content (AvgIpc) is 3.22. The van der Waals surface area contributed by atoms with Crippen molar-refractivity contribution in [3.8, 4) is 0 Å². The Morgan fingerprint density at radius 3 is 2.43 bits per heavy atom. The number of sulfonamides is 1. The molecule has 2 heterocycles. The zero-order valence-corrected chi connectivity index (χ0v) is 13.5. The summed E-state index contributed by atoms with van der Waals surface area (Å²) in [5.41, 5.74) is 1.18. The molecule has 2 N–H and O–H groups in total. The van der Waals surface area contributed by atoms with Crippen molar-refractivity contribution in [3.63, 3.8) is 0 Å². The normalized spacial score (nSPS) is 21.8. The standard InChI is InChI=1S/C14H24N4O2S/c1-10-14(11(2)17-16-10)21(19,20)18-7-5-13(6-8-18)15-9-12-3-4-12/h12-13,15H,3-9H2,1-2H3,(H,16,17). The van der Waals surface area contributed by atoms with Crippen LogP contribution >= 0.6 is 0 Å². The molecule has 6 nitrogen and oxygen atoms in total. The second-order valence-corrected chi connectivity index (χ2v) is 8.17. The van der Waals surface area contributed by atoms with E-state index >= 15 is 0 Å². The van der Waals surface area contributed by atoms with Gasteiger partial charge < -0.3 is 5.32 Å². The van der Waals surface area contributed by atoms with Gasteiger partial charge >= 0.3 is 0 Å². The van der Waals surface area contributed by atoms with Crippen molar-refractivity contribution in [1.82, 2.24) is 19.8 Å². The van der Waals surface area contributed by atoms with Crippen LogP contribution in [0.5, 0.6) is 0 Å². The van der Waals surface area contributed by atoms with Crippen molar-refractivity contribution in [2.24, 2.45) is 5.92 Å². The Morgan fingerprint density at radius 2 is 1.90 bits per heavy atom. The molecule has 0 radical (unpaired) electrons. The Hall–Kier alpha value is -0.920. The zero-order valence-electron chi connectivity index (χ0n) is 12.7. The van der Waals surface area contributed by atoms with Crippen molar-refractivity contribution in [2.75, 3.05) is 19.6 Å². The fraction of sp³-hybridized carbons (Fsp3) is 0.786. The van der Waals surface area contributed by atoms with E-state index in [-0.39, 0.29) is 0 Å². The molecule has 7 heteroatoms. The zero-order chi connectivity index (χ0) is 15.0. The molecule has 1 saturated heterocycles. The van der Waals surface area contributed by atoms with Gasteiger partial charge in [-0.3, -0.25) is 5.10 Å². The monoisotopic (exact) mass is 312 g/mol. The Morgan fingerprint density at radius 1 is 1.24 bits per heavy atom. The van der Waals surface area contributed by atoms with Gasteiger partial charge in [0.1, 0.15) is 4.90 Å². The molecule has 21 heavy (non-hydrogen) atoms. The fourth-order valence-electron chi connectivity index (χ4n) is 3.01. The summed E-state index contributed by atoms with van der Waals surface area (Å²) in [4.78, 5) is 0.354. The smallest absolute Gasteiger partial charge is 0.246 e. The van der Waals surface area contributed by atoms with E-state index in [2.05, 4.69) is 15.5 Å². The highest BCUT2D eigenvalue weighted by Crippen LogP contribution is 2.29. The van der Waals surface area contributed by atoms with Crippen LogP contribution in [0.15, 0.2) is 4.90 Å². The number of hydrogen-bond acceptors (Lipinski definition) is 4. The van der Waals surface area contributed by atoms with Crippen LogP contribution in [-0.2, 0) is 10.0 Å². The quantitative estimate of drug-likeness (QED) is 0.856. The van der Waals surface area contributed by atoms with E-state index in [9.17, 15) is 8.42 Å². The Bertz CT molecular complexity index is 579. The molecule has 0 bridgehead atoms. The van der Waals surface area contributed by atoms with E-state index < -0.39 is 10.0 Å². The molecule has 2 aliphatic rings. The van der Waals surface area contributed by atoms with Crippen molar-refractivity contribution in [1.29, 1.82) is 0 Å². The molecule has 1 aliphatic carbocycles. The van der Waals surface area contributed by atoms with Crippen LogP contribution in [0.25, 0.3) is 0 Å². The molecule has 1 saturated carbocycles. The Balaban J connectivity index is 1.62. The molecule has 1 aliphatic heterocycles.